The molecule has 0 aromatic carbocycles. The van der Waals surface area contributed by atoms with Crippen LogP contribution in [0.1, 0.15) is 14.7 Å². The normalized spacial score (nSPS) is 40.8. The molecule has 56 valence electrons. The van der Waals surface area contributed by atoms with E-state index in [4.69, 9.17) is 17.3 Å². The molecule has 0 amide bonds. The van der Waals surface area contributed by atoms with Gasteiger partial charge in [0.1, 0.15) is 6.10 Å². The summed E-state index contributed by atoms with van der Waals surface area (Å²) >= 11 is 0. The van der Waals surface area contributed by atoms with Crippen LogP contribution < -0.4 is 0 Å². The van der Waals surface area contributed by atoms with Crippen LogP contribution >= 0.6 is 0 Å². The summed E-state index contributed by atoms with van der Waals surface area (Å²) in [5.41, 5.74) is 0. The Labute approximate surface area is 62.9 Å². The molecule has 10 heavy (non-hydrogen) atoms. The Kier molecular flexibility index (Phi) is 1.89. The highest BCUT2D eigenvalue weighted by atomic mass is 16.6. The highest BCUT2D eigenvalue weighted by Gasteiger charge is 2.30. The van der Waals surface area contributed by atoms with Crippen LogP contribution in [0.5, 0.6) is 0 Å². The van der Waals surface area contributed by atoms with Gasteiger partial charge in [-0.25, -0.2) is 0 Å². The van der Waals surface area contributed by atoms with E-state index in [1.165, 1.54) is 0 Å². The highest BCUT2D eigenvalue weighted by Crippen LogP contribution is 2.21. The minimum atomic E-state index is -0.157. The SMILES string of the molecule is [2H]C[C@H]1O[C@@H](C#C)CC1OC. The van der Waals surface area contributed by atoms with Gasteiger partial charge in [-0.2, -0.15) is 0 Å². The summed E-state index contributed by atoms with van der Waals surface area (Å²) in [6, 6.07) is 0. The van der Waals surface area contributed by atoms with Crippen LogP contribution in [-0.4, -0.2) is 25.4 Å². The van der Waals surface area contributed by atoms with Gasteiger partial charge < -0.3 is 9.47 Å². The minimum absolute atomic E-state index is 0.00792. The van der Waals surface area contributed by atoms with Gasteiger partial charge in [0.15, 0.2) is 0 Å². The van der Waals surface area contributed by atoms with Crippen LogP contribution in [0.15, 0.2) is 0 Å². The zero-order chi connectivity index (χ0) is 8.27. The van der Waals surface area contributed by atoms with E-state index < -0.39 is 0 Å². The molecule has 1 unspecified atom stereocenters. The zero-order valence-electron chi connectivity index (χ0n) is 7.04. The molecular formula is C8H12O2. The molecule has 1 fully saturated rings. The molecule has 0 bridgehead atoms. The van der Waals surface area contributed by atoms with Gasteiger partial charge >= 0.3 is 0 Å². The van der Waals surface area contributed by atoms with Crippen molar-refractivity contribution >= 4 is 0 Å². The number of methoxy groups -OCH3 is 1. The Morgan fingerprint density at radius 2 is 2.70 bits per heavy atom. The lowest BCUT2D eigenvalue weighted by Crippen LogP contribution is -2.18. The molecule has 0 aromatic heterocycles. The average molecular weight is 141 g/mol. The Morgan fingerprint density at radius 1 is 1.90 bits per heavy atom. The lowest BCUT2D eigenvalue weighted by atomic mass is 10.1. The minimum Gasteiger partial charge on any atom is -0.379 e. The summed E-state index contributed by atoms with van der Waals surface area (Å²) in [5, 5.41) is 0. The monoisotopic (exact) mass is 141 g/mol. The first-order valence-corrected chi connectivity index (χ1v) is 3.25. The molecule has 0 aromatic rings. The average Bonchev–Trinajstić information content (AvgIpc) is 2.46. The molecule has 0 spiro atoms. The molecule has 2 heteroatoms. The summed E-state index contributed by atoms with van der Waals surface area (Å²) in [6.07, 6.45) is 5.61. The Morgan fingerprint density at radius 3 is 3.10 bits per heavy atom. The fourth-order valence-corrected chi connectivity index (χ4v) is 1.07. The molecule has 1 aliphatic rings. The number of hydrogen-bond acceptors (Lipinski definition) is 2. The summed E-state index contributed by atoms with van der Waals surface area (Å²) in [5.74, 6) is 2.51. The van der Waals surface area contributed by atoms with Crippen LogP contribution in [0, 0.1) is 12.3 Å². The summed E-state index contributed by atoms with van der Waals surface area (Å²) in [4.78, 5) is 0. The van der Waals surface area contributed by atoms with Crippen LogP contribution in [0.3, 0.4) is 0 Å². The van der Waals surface area contributed by atoms with Gasteiger partial charge in [0.05, 0.1) is 12.2 Å². The van der Waals surface area contributed by atoms with Crippen LogP contribution in [0.2, 0.25) is 0 Å². The molecule has 2 nitrogen and oxygen atoms in total. The van der Waals surface area contributed by atoms with E-state index in [0.29, 0.717) is 0 Å². The maximum atomic E-state index is 7.13. The van der Waals surface area contributed by atoms with Gasteiger partial charge in [0, 0.05) is 14.9 Å². The van der Waals surface area contributed by atoms with Crippen LogP contribution in [-0.2, 0) is 9.47 Å². The largest absolute Gasteiger partial charge is 0.379 e. The van der Waals surface area contributed by atoms with Crippen molar-refractivity contribution in [2.45, 2.75) is 31.6 Å². The molecular weight excluding hydrogens is 128 g/mol. The van der Waals surface area contributed by atoms with Gasteiger partial charge in [-0.3, -0.25) is 0 Å². The summed E-state index contributed by atoms with van der Waals surface area (Å²) < 4.78 is 17.5. The van der Waals surface area contributed by atoms with Gasteiger partial charge in [-0.05, 0) is 6.90 Å². The summed E-state index contributed by atoms with van der Waals surface area (Å²) in [6.45, 7) is 0.219. The Balaban J connectivity index is 2.49. The Bertz CT molecular complexity index is 152. The van der Waals surface area contributed by atoms with Gasteiger partial charge in [-0.1, -0.05) is 5.92 Å². The second-order valence-corrected chi connectivity index (χ2v) is 2.34. The van der Waals surface area contributed by atoms with E-state index in [-0.39, 0.29) is 25.2 Å². The molecule has 0 saturated carbocycles. The third-order valence-electron chi connectivity index (χ3n) is 1.69. The Hall–Kier alpha value is -0.520. The topological polar surface area (TPSA) is 18.5 Å². The molecule has 0 N–H and O–H groups in total. The van der Waals surface area contributed by atoms with E-state index in [1.54, 1.807) is 7.11 Å². The van der Waals surface area contributed by atoms with Crippen molar-refractivity contribution in [1.29, 1.82) is 0 Å². The number of rotatable bonds is 1. The smallest absolute Gasteiger partial charge is 0.121 e. The quantitative estimate of drug-likeness (QED) is 0.503. The molecule has 3 atom stereocenters. The van der Waals surface area contributed by atoms with Gasteiger partial charge in [-0.15, -0.1) is 6.42 Å². The van der Waals surface area contributed by atoms with E-state index in [9.17, 15) is 0 Å². The van der Waals surface area contributed by atoms with Crippen molar-refractivity contribution in [1.82, 2.24) is 0 Å². The van der Waals surface area contributed by atoms with E-state index >= 15 is 0 Å². The fraction of sp³-hybridized carbons (Fsp3) is 0.750. The predicted octanol–water partition coefficient (Wildman–Crippen LogP) is 0.812. The first-order chi connectivity index (χ1) is 5.31. The third kappa shape index (κ3) is 1.31. The van der Waals surface area contributed by atoms with Crippen LogP contribution in [0.4, 0.5) is 0 Å². The zero-order valence-corrected chi connectivity index (χ0v) is 6.04. The van der Waals surface area contributed by atoms with Gasteiger partial charge in [0.2, 0.25) is 0 Å². The number of terminal acetylenes is 1. The summed E-state index contributed by atoms with van der Waals surface area (Å²) in [7, 11) is 1.62. The van der Waals surface area contributed by atoms with Gasteiger partial charge in [0.25, 0.3) is 0 Å². The third-order valence-corrected chi connectivity index (χ3v) is 1.69. The van der Waals surface area contributed by atoms with Crippen molar-refractivity contribution in [3.63, 3.8) is 0 Å². The number of ether oxygens (including phenoxy) is 2. The second kappa shape index (κ2) is 3.05. The van der Waals surface area contributed by atoms with Crippen molar-refractivity contribution in [2.24, 2.45) is 0 Å². The van der Waals surface area contributed by atoms with E-state index in [0.717, 1.165) is 6.42 Å². The van der Waals surface area contributed by atoms with Crippen molar-refractivity contribution in [3.8, 4) is 12.3 Å². The maximum Gasteiger partial charge on any atom is 0.121 e. The molecule has 1 rings (SSSR count). The molecule has 1 aliphatic heterocycles. The molecule has 0 radical (unpaired) electrons. The molecule has 1 saturated heterocycles. The lowest BCUT2D eigenvalue weighted by Gasteiger charge is -2.09. The number of hydrogen-bond donors (Lipinski definition) is 0. The van der Waals surface area contributed by atoms with E-state index in [2.05, 4.69) is 5.92 Å². The first-order valence-electron chi connectivity index (χ1n) is 3.96. The molecule has 0 aliphatic carbocycles. The fourth-order valence-electron chi connectivity index (χ4n) is 1.07. The second-order valence-electron chi connectivity index (χ2n) is 2.34. The van der Waals surface area contributed by atoms with Crippen molar-refractivity contribution in [2.75, 3.05) is 7.11 Å². The first kappa shape index (κ1) is 6.21. The van der Waals surface area contributed by atoms with E-state index in [1.807, 2.05) is 0 Å². The van der Waals surface area contributed by atoms with Crippen molar-refractivity contribution in [3.05, 3.63) is 0 Å². The molecule has 1 heterocycles. The lowest BCUT2D eigenvalue weighted by molar-refractivity contribution is 0.0174. The van der Waals surface area contributed by atoms with Crippen molar-refractivity contribution < 1.29 is 10.8 Å². The van der Waals surface area contributed by atoms with Crippen LogP contribution in [0.25, 0.3) is 0 Å². The standard InChI is InChI=1S/C8H12O2/c1-4-7-5-8(9-3)6(2)10-7/h1,6-8H,5H2,2-3H3/t6-,7+,8?/m1/s1/i2D. The highest BCUT2D eigenvalue weighted by molar-refractivity contribution is 5.00. The predicted molar refractivity (Wildman–Crippen MR) is 38.6 cm³/mol. The maximum absolute atomic E-state index is 7.13.